The van der Waals surface area contributed by atoms with Gasteiger partial charge in [0.25, 0.3) is 0 Å². The average molecular weight is 365 g/mol. The smallest absolute Gasteiger partial charge is 0.315 e. The molecule has 0 aromatic rings. The van der Waals surface area contributed by atoms with Gasteiger partial charge in [0.15, 0.2) is 0 Å². The molecule has 0 spiro atoms. The Morgan fingerprint density at radius 1 is 0.423 bits per heavy atom. The largest absolute Gasteiger partial charge is 0.335 e. The lowest BCUT2D eigenvalue weighted by Crippen LogP contribution is -2.51. The van der Waals surface area contributed by atoms with Gasteiger partial charge in [-0.05, 0) is 51.4 Å². The second-order valence-corrected chi connectivity index (χ2v) is 8.45. The van der Waals surface area contributed by atoms with E-state index in [0.29, 0.717) is 12.1 Å². The Hall–Kier alpha value is -1.46. The lowest BCUT2D eigenvalue weighted by atomic mass is 9.91. The molecule has 0 atom stereocenters. The highest BCUT2D eigenvalue weighted by atomic mass is 16.2. The van der Waals surface area contributed by atoms with E-state index in [0.717, 1.165) is 51.4 Å². The molecule has 3 rings (SSSR count). The number of carbonyl (C=O) groups is 2. The van der Waals surface area contributed by atoms with Gasteiger partial charge in [-0.25, -0.2) is 9.59 Å². The molecule has 0 heterocycles. The monoisotopic (exact) mass is 364 g/mol. The van der Waals surface area contributed by atoms with Gasteiger partial charge < -0.3 is 21.3 Å². The topological polar surface area (TPSA) is 82.3 Å². The van der Waals surface area contributed by atoms with Crippen LogP contribution in [0, 0.1) is 0 Å². The molecule has 0 radical (unpaired) electrons. The molecule has 3 saturated carbocycles. The second-order valence-electron chi connectivity index (χ2n) is 8.45. The number of rotatable bonds is 4. The van der Waals surface area contributed by atoms with Crippen molar-refractivity contribution < 1.29 is 9.59 Å². The van der Waals surface area contributed by atoms with Crippen LogP contribution in [0.2, 0.25) is 0 Å². The van der Waals surface area contributed by atoms with Gasteiger partial charge in [0.1, 0.15) is 0 Å². The Morgan fingerprint density at radius 2 is 0.692 bits per heavy atom. The Bertz CT molecular complexity index is 409. The lowest BCUT2D eigenvalue weighted by Gasteiger charge is -2.31. The fraction of sp³-hybridized carbons (Fsp3) is 0.900. The van der Waals surface area contributed by atoms with Gasteiger partial charge in [-0.2, -0.15) is 0 Å². The molecule has 3 fully saturated rings. The van der Waals surface area contributed by atoms with Crippen LogP contribution in [-0.2, 0) is 0 Å². The third kappa shape index (κ3) is 6.36. The van der Waals surface area contributed by atoms with Crippen molar-refractivity contribution in [1.29, 1.82) is 0 Å². The van der Waals surface area contributed by atoms with Crippen molar-refractivity contribution in [2.45, 2.75) is 114 Å². The number of hydrogen-bond donors (Lipinski definition) is 4. The van der Waals surface area contributed by atoms with Crippen molar-refractivity contribution in [2.24, 2.45) is 0 Å². The van der Waals surface area contributed by atoms with Gasteiger partial charge in [0.2, 0.25) is 0 Å². The maximum atomic E-state index is 12.2. The van der Waals surface area contributed by atoms with Gasteiger partial charge in [-0.1, -0.05) is 38.5 Å². The lowest BCUT2D eigenvalue weighted by molar-refractivity contribution is 0.214. The van der Waals surface area contributed by atoms with Crippen molar-refractivity contribution in [1.82, 2.24) is 21.3 Å². The molecular weight excluding hydrogens is 328 g/mol. The van der Waals surface area contributed by atoms with E-state index in [1.807, 2.05) is 0 Å². The van der Waals surface area contributed by atoms with Crippen LogP contribution in [0.1, 0.15) is 89.9 Å². The van der Waals surface area contributed by atoms with Crippen LogP contribution in [-0.4, -0.2) is 36.2 Å². The van der Waals surface area contributed by atoms with E-state index in [1.165, 1.54) is 38.5 Å². The fourth-order valence-corrected chi connectivity index (χ4v) is 4.70. The van der Waals surface area contributed by atoms with Gasteiger partial charge in [0, 0.05) is 24.2 Å². The molecule has 26 heavy (non-hydrogen) atoms. The van der Waals surface area contributed by atoms with Gasteiger partial charge in [0.05, 0.1) is 0 Å². The molecule has 0 bridgehead atoms. The molecule has 148 valence electrons. The molecule has 6 nitrogen and oxygen atoms in total. The summed E-state index contributed by atoms with van der Waals surface area (Å²) < 4.78 is 0. The quantitative estimate of drug-likeness (QED) is 0.615. The Kier molecular flexibility index (Phi) is 7.44. The predicted octanol–water partition coefficient (Wildman–Crippen LogP) is 3.56. The van der Waals surface area contributed by atoms with E-state index in [4.69, 9.17) is 0 Å². The Morgan fingerprint density at radius 3 is 1.00 bits per heavy atom. The highest BCUT2D eigenvalue weighted by molar-refractivity contribution is 5.75. The summed E-state index contributed by atoms with van der Waals surface area (Å²) in [5.41, 5.74) is 0. The van der Waals surface area contributed by atoms with E-state index in [9.17, 15) is 9.59 Å². The molecule has 0 aliphatic heterocycles. The molecule has 6 heteroatoms. The summed E-state index contributed by atoms with van der Waals surface area (Å²) in [5, 5.41) is 12.5. The fourth-order valence-electron chi connectivity index (χ4n) is 4.70. The molecule has 3 aliphatic rings. The summed E-state index contributed by atoms with van der Waals surface area (Å²) in [7, 11) is 0. The first-order chi connectivity index (χ1) is 12.7. The maximum absolute atomic E-state index is 12.2. The molecule has 4 N–H and O–H groups in total. The minimum Gasteiger partial charge on any atom is -0.335 e. The van der Waals surface area contributed by atoms with Crippen LogP contribution in [0.4, 0.5) is 9.59 Å². The van der Waals surface area contributed by atoms with Crippen LogP contribution >= 0.6 is 0 Å². The second kappa shape index (κ2) is 10.0. The molecular formula is C20H36N4O2. The summed E-state index contributed by atoms with van der Waals surface area (Å²) in [6.07, 6.45) is 15.7. The Labute approximate surface area is 157 Å². The average Bonchev–Trinajstić information content (AvgIpc) is 2.65. The van der Waals surface area contributed by atoms with Crippen molar-refractivity contribution in [3.63, 3.8) is 0 Å². The molecule has 4 amide bonds. The minimum absolute atomic E-state index is 0.0108. The number of nitrogens with one attached hydrogen (secondary N) is 4. The van der Waals surface area contributed by atoms with E-state index in [1.54, 1.807) is 0 Å². The zero-order valence-electron chi connectivity index (χ0n) is 16.0. The predicted molar refractivity (Wildman–Crippen MR) is 103 cm³/mol. The third-order valence-corrected chi connectivity index (χ3v) is 6.28. The van der Waals surface area contributed by atoms with Gasteiger partial charge in [-0.15, -0.1) is 0 Å². The first-order valence-corrected chi connectivity index (χ1v) is 10.8. The first-order valence-electron chi connectivity index (χ1n) is 10.8. The van der Waals surface area contributed by atoms with Crippen LogP contribution < -0.4 is 21.3 Å². The van der Waals surface area contributed by atoms with Crippen molar-refractivity contribution in [3.8, 4) is 0 Å². The van der Waals surface area contributed by atoms with Crippen LogP contribution in [0.3, 0.4) is 0 Å². The normalized spacial score (nSPS) is 28.2. The zero-order chi connectivity index (χ0) is 18.2. The highest BCUT2D eigenvalue weighted by Crippen LogP contribution is 2.20. The highest BCUT2D eigenvalue weighted by Gasteiger charge is 2.25. The van der Waals surface area contributed by atoms with Gasteiger partial charge >= 0.3 is 12.1 Å². The zero-order valence-corrected chi connectivity index (χ0v) is 16.0. The number of carbonyl (C=O) groups excluding carboxylic acids is 2. The summed E-state index contributed by atoms with van der Waals surface area (Å²) in [5.74, 6) is 0. The summed E-state index contributed by atoms with van der Waals surface area (Å²) >= 11 is 0. The Balaban J connectivity index is 1.29. The van der Waals surface area contributed by atoms with Crippen LogP contribution in [0.5, 0.6) is 0 Å². The van der Waals surface area contributed by atoms with Crippen molar-refractivity contribution >= 4 is 12.1 Å². The number of hydrogen-bond acceptors (Lipinski definition) is 2. The summed E-state index contributed by atoms with van der Waals surface area (Å²) in [6.45, 7) is 0. The molecule has 0 saturated heterocycles. The van der Waals surface area contributed by atoms with E-state index >= 15 is 0 Å². The molecule has 3 aliphatic carbocycles. The first kappa shape index (κ1) is 19.3. The number of urea groups is 2. The molecule has 0 unspecified atom stereocenters. The summed E-state index contributed by atoms with van der Waals surface area (Å²) in [4.78, 5) is 24.3. The van der Waals surface area contributed by atoms with Crippen molar-refractivity contribution in [2.75, 3.05) is 0 Å². The van der Waals surface area contributed by atoms with Crippen molar-refractivity contribution in [3.05, 3.63) is 0 Å². The molecule has 0 aromatic carbocycles. The van der Waals surface area contributed by atoms with E-state index in [2.05, 4.69) is 21.3 Å². The van der Waals surface area contributed by atoms with E-state index < -0.39 is 0 Å². The SMILES string of the molecule is O=C(NC1CCCCC1)N[C@H]1CC[C@@H](NC(=O)NC2CCCCC2)CC1. The third-order valence-electron chi connectivity index (χ3n) is 6.28. The summed E-state index contributed by atoms with van der Waals surface area (Å²) in [6, 6.07) is 1.15. The van der Waals surface area contributed by atoms with E-state index in [-0.39, 0.29) is 24.1 Å². The molecule has 0 aromatic heterocycles. The standard InChI is InChI=1S/C20H36N4O2/c25-19(21-15-7-3-1-4-8-15)23-17-11-13-18(14-12-17)24-20(26)22-16-9-5-2-6-10-16/h15-18H,1-14H2,(H2,21,23,25)(H2,22,24,26)/t17-,18+. The maximum Gasteiger partial charge on any atom is 0.315 e. The van der Waals surface area contributed by atoms with Gasteiger partial charge in [-0.3, -0.25) is 0 Å². The minimum atomic E-state index is -0.0108. The van der Waals surface area contributed by atoms with Crippen LogP contribution in [0.15, 0.2) is 0 Å². The van der Waals surface area contributed by atoms with Crippen LogP contribution in [0.25, 0.3) is 0 Å². The number of amides is 4.